The lowest BCUT2D eigenvalue weighted by Crippen LogP contribution is -2.53. The van der Waals surface area contributed by atoms with E-state index in [9.17, 15) is 9.18 Å². The molecule has 1 aromatic heterocycles. The summed E-state index contributed by atoms with van der Waals surface area (Å²) in [6.07, 6.45) is 7.98. The summed E-state index contributed by atoms with van der Waals surface area (Å²) >= 11 is 0. The molecule has 1 saturated carbocycles. The molecule has 0 unspecified atom stereocenters. The molecule has 2 fully saturated rings. The third-order valence-corrected chi connectivity index (χ3v) is 6.59. The van der Waals surface area contributed by atoms with Crippen LogP contribution in [0.3, 0.4) is 0 Å². The van der Waals surface area contributed by atoms with Gasteiger partial charge in [0.15, 0.2) is 11.6 Å². The van der Waals surface area contributed by atoms with E-state index in [1.807, 2.05) is 60.8 Å². The van der Waals surface area contributed by atoms with Crippen molar-refractivity contribution in [2.75, 3.05) is 32.8 Å². The molecule has 4 rings (SSSR count). The molecule has 0 N–H and O–H groups in total. The lowest BCUT2D eigenvalue weighted by Gasteiger charge is -2.42. The van der Waals surface area contributed by atoms with Gasteiger partial charge in [-0.05, 0) is 76.6 Å². The van der Waals surface area contributed by atoms with E-state index in [0.29, 0.717) is 24.3 Å². The number of ether oxygens (including phenoxy) is 2. The summed E-state index contributed by atoms with van der Waals surface area (Å²) in [4.78, 5) is 16.6. The van der Waals surface area contributed by atoms with Crippen LogP contribution in [0.15, 0.2) is 42.7 Å². The van der Waals surface area contributed by atoms with Gasteiger partial charge in [0, 0.05) is 56.4 Å². The monoisotopic (exact) mass is 457 g/mol. The number of halogens is 1. The van der Waals surface area contributed by atoms with Crippen LogP contribution in [0.5, 0.6) is 5.75 Å². The molecule has 2 aliphatic rings. The largest absolute Gasteiger partial charge is 0.490 e. The predicted octanol–water partition coefficient (Wildman–Crippen LogP) is 5.11. The van der Waals surface area contributed by atoms with Crippen molar-refractivity contribution in [1.29, 1.82) is 0 Å². The number of hydrogen-bond donors (Lipinski definition) is 0. The molecule has 1 amide bonds. The zero-order valence-corrected chi connectivity index (χ0v) is 20.0. The summed E-state index contributed by atoms with van der Waals surface area (Å²) in [6.45, 7) is 9.48. The standard InChI is InChI=1S/C26H36FN3O3/c1-26(2,3)33-25(31)30-16-14-29(15-17-30)21-8-6-20(7-9-21)19-32-24-11-10-22(18-23(24)27)28-12-4-5-13-28/h4-5,10-13,18,20-21H,6-9,14-17,19H2,1-3H3/t20-,21-. The van der Waals surface area contributed by atoms with E-state index >= 15 is 0 Å². The molecule has 7 heteroatoms. The maximum absolute atomic E-state index is 14.5. The van der Waals surface area contributed by atoms with E-state index in [4.69, 9.17) is 9.47 Å². The number of carbonyl (C=O) groups excluding carboxylic acids is 1. The van der Waals surface area contributed by atoms with Crippen LogP contribution in [0.2, 0.25) is 0 Å². The smallest absolute Gasteiger partial charge is 0.410 e. The van der Waals surface area contributed by atoms with E-state index < -0.39 is 5.60 Å². The van der Waals surface area contributed by atoms with Crippen LogP contribution >= 0.6 is 0 Å². The van der Waals surface area contributed by atoms with Gasteiger partial charge in [0.2, 0.25) is 0 Å². The molecule has 0 bridgehead atoms. The van der Waals surface area contributed by atoms with Crippen molar-refractivity contribution < 1.29 is 18.7 Å². The highest BCUT2D eigenvalue weighted by molar-refractivity contribution is 5.68. The molecule has 0 atom stereocenters. The van der Waals surface area contributed by atoms with E-state index in [1.54, 1.807) is 6.07 Å². The lowest BCUT2D eigenvalue weighted by atomic mass is 9.85. The molecule has 2 aromatic rings. The molecule has 6 nitrogen and oxygen atoms in total. The van der Waals surface area contributed by atoms with Crippen molar-refractivity contribution in [3.63, 3.8) is 0 Å². The van der Waals surface area contributed by atoms with Gasteiger partial charge < -0.3 is 18.9 Å². The number of carbonyl (C=O) groups is 1. The molecule has 1 saturated heterocycles. The number of hydrogen-bond acceptors (Lipinski definition) is 4. The van der Waals surface area contributed by atoms with Gasteiger partial charge in [0.25, 0.3) is 0 Å². The minimum absolute atomic E-state index is 0.211. The first-order chi connectivity index (χ1) is 15.8. The second-order valence-electron chi connectivity index (χ2n) is 10.2. The Labute approximate surface area is 196 Å². The van der Waals surface area contributed by atoms with Crippen molar-refractivity contribution in [3.05, 3.63) is 48.5 Å². The van der Waals surface area contributed by atoms with Crippen LogP contribution in [0.1, 0.15) is 46.5 Å². The fourth-order valence-electron chi connectivity index (χ4n) is 4.75. The Kier molecular flexibility index (Phi) is 7.27. The van der Waals surface area contributed by atoms with E-state index in [-0.39, 0.29) is 11.9 Å². The fourth-order valence-corrected chi connectivity index (χ4v) is 4.75. The highest BCUT2D eigenvalue weighted by Crippen LogP contribution is 2.30. The Hall–Kier alpha value is -2.54. The molecular weight excluding hydrogens is 421 g/mol. The second-order valence-corrected chi connectivity index (χ2v) is 10.2. The summed E-state index contributed by atoms with van der Waals surface area (Å²) in [5, 5.41) is 0. The van der Waals surface area contributed by atoms with Crippen molar-refractivity contribution >= 4 is 6.09 Å². The number of aromatic nitrogens is 1. The minimum atomic E-state index is -0.456. The zero-order chi connectivity index (χ0) is 23.4. The molecule has 180 valence electrons. The van der Waals surface area contributed by atoms with Crippen LogP contribution in [0.25, 0.3) is 5.69 Å². The molecule has 0 spiro atoms. The van der Waals surface area contributed by atoms with Gasteiger partial charge in [-0.25, -0.2) is 9.18 Å². The van der Waals surface area contributed by atoms with E-state index in [2.05, 4.69) is 4.90 Å². The van der Waals surface area contributed by atoms with Gasteiger partial charge in [-0.1, -0.05) is 0 Å². The number of nitrogens with zero attached hydrogens (tertiary/aromatic N) is 3. The van der Waals surface area contributed by atoms with Gasteiger partial charge in [-0.2, -0.15) is 0 Å². The van der Waals surface area contributed by atoms with Crippen LogP contribution in [0.4, 0.5) is 9.18 Å². The molecular formula is C26H36FN3O3. The average Bonchev–Trinajstić information content (AvgIpc) is 3.33. The van der Waals surface area contributed by atoms with Crippen LogP contribution in [-0.2, 0) is 4.74 Å². The van der Waals surface area contributed by atoms with Gasteiger partial charge in [0.05, 0.1) is 6.61 Å². The van der Waals surface area contributed by atoms with Crippen LogP contribution < -0.4 is 4.74 Å². The highest BCUT2D eigenvalue weighted by atomic mass is 19.1. The van der Waals surface area contributed by atoms with Gasteiger partial charge in [-0.3, -0.25) is 4.90 Å². The van der Waals surface area contributed by atoms with Crippen molar-refractivity contribution in [2.45, 2.75) is 58.1 Å². The first kappa shape index (κ1) is 23.6. The summed E-state index contributed by atoms with van der Waals surface area (Å²) in [5.74, 6) is 0.455. The Morgan fingerprint density at radius 1 is 1.03 bits per heavy atom. The third kappa shape index (κ3) is 6.28. The summed E-state index contributed by atoms with van der Waals surface area (Å²) in [7, 11) is 0. The predicted molar refractivity (Wildman–Crippen MR) is 126 cm³/mol. The van der Waals surface area contributed by atoms with Crippen LogP contribution in [0, 0.1) is 11.7 Å². The quantitative estimate of drug-likeness (QED) is 0.626. The Morgan fingerprint density at radius 2 is 1.70 bits per heavy atom. The maximum Gasteiger partial charge on any atom is 0.410 e. The topological polar surface area (TPSA) is 46.9 Å². The molecule has 1 aliphatic carbocycles. The van der Waals surface area contributed by atoms with E-state index in [0.717, 1.165) is 57.5 Å². The first-order valence-corrected chi connectivity index (χ1v) is 12.1. The Balaban J connectivity index is 1.19. The zero-order valence-electron chi connectivity index (χ0n) is 20.0. The van der Waals surface area contributed by atoms with E-state index in [1.165, 1.54) is 6.07 Å². The average molecular weight is 458 g/mol. The minimum Gasteiger partial charge on any atom is -0.490 e. The summed E-state index contributed by atoms with van der Waals surface area (Å²) in [5.41, 5.74) is 0.333. The molecule has 2 heterocycles. The molecule has 1 aromatic carbocycles. The number of benzene rings is 1. The lowest BCUT2D eigenvalue weighted by molar-refractivity contribution is 0.00652. The molecule has 0 radical (unpaired) electrons. The van der Waals surface area contributed by atoms with Crippen molar-refractivity contribution in [1.82, 2.24) is 14.4 Å². The first-order valence-electron chi connectivity index (χ1n) is 12.1. The normalized spacial score (nSPS) is 22.2. The number of rotatable bonds is 5. The van der Waals surface area contributed by atoms with Crippen molar-refractivity contribution in [3.8, 4) is 11.4 Å². The van der Waals surface area contributed by atoms with Gasteiger partial charge in [-0.15, -0.1) is 0 Å². The Morgan fingerprint density at radius 3 is 2.30 bits per heavy atom. The summed E-state index contributed by atoms with van der Waals surface area (Å²) < 4.78 is 27.7. The Bertz CT molecular complexity index is 909. The second kappa shape index (κ2) is 10.2. The van der Waals surface area contributed by atoms with Crippen molar-refractivity contribution in [2.24, 2.45) is 5.92 Å². The number of piperazine rings is 1. The highest BCUT2D eigenvalue weighted by Gasteiger charge is 2.31. The van der Waals surface area contributed by atoms with Crippen LogP contribution in [-0.4, -0.2) is 64.9 Å². The third-order valence-electron chi connectivity index (χ3n) is 6.59. The fraction of sp³-hybridized carbons (Fsp3) is 0.577. The van der Waals surface area contributed by atoms with Gasteiger partial charge >= 0.3 is 6.09 Å². The molecule has 33 heavy (non-hydrogen) atoms. The molecule has 1 aliphatic heterocycles. The SMILES string of the molecule is CC(C)(C)OC(=O)N1CCN([C@H]2CC[C@H](COc3ccc(-n4cccc4)cc3F)CC2)CC1. The number of amides is 1. The van der Waals surface area contributed by atoms with Gasteiger partial charge in [0.1, 0.15) is 5.60 Å². The summed E-state index contributed by atoms with van der Waals surface area (Å²) in [6, 6.07) is 9.51. The maximum atomic E-state index is 14.5.